The Bertz CT molecular complexity index is 1790. The van der Waals surface area contributed by atoms with Crippen LogP contribution in [0.2, 0.25) is 0 Å². The van der Waals surface area contributed by atoms with Crippen molar-refractivity contribution in [3.05, 3.63) is 146 Å². The molecule has 3 unspecified atom stereocenters. The monoisotopic (exact) mass is 1120 g/mol. The number of hydrogen-bond donors (Lipinski definition) is 3. The van der Waals surface area contributed by atoms with Crippen molar-refractivity contribution >= 4 is 13.7 Å². The number of phosphoric acid groups is 1. The number of quaternary nitrogens is 1. The largest absolute Gasteiger partial charge is 0.472 e. The third kappa shape index (κ3) is 61.8. The molecule has 1 amide bonds. The van der Waals surface area contributed by atoms with Crippen molar-refractivity contribution in [2.45, 2.75) is 251 Å². The first kappa shape index (κ1) is 75.4. The smallest absolute Gasteiger partial charge is 0.387 e. The lowest BCUT2D eigenvalue weighted by Gasteiger charge is -2.25. The van der Waals surface area contributed by atoms with E-state index in [1.807, 2.05) is 27.2 Å². The molecule has 0 heterocycles. The van der Waals surface area contributed by atoms with E-state index in [1.165, 1.54) is 96.3 Å². The molecule has 0 aromatic heterocycles. The molecule has 0 aliphatic carbocycles. The van der Waals surface area contributed by atoms with Crippen LogP contribution in [0.25, 0.3) is 0 Å². The Morgan fingerprint density at radius 3 is 1.11 bits per heavy atom. The molecule has 0 spiro atoms. The van der Waals surface area contributed by atoms with Gasteiger partial charge in [-0.2, -0.15) is 0 Å². The van der Waals surface area contributed by atoms with Crippen LogP contribution >= 0.6 is 7.82 Å². The summed E-state index contributed by atoms with van der Waals surface area (Å²) in [6.07, 6.45) is 91.0. The van der Waals surface area contributed by atoms with Gasteiger partial charge in [0.25, 0.3) is 0 Å². The molecule has 0 saturated carbocycles. The number of phosphoric ester groups is 1. The third-order valence-electron chi connectivity index (χ3n) is 13.3. The molecule has 0 aromatic carbocycles. The van der Waals surface area contributed by atoms with Gasteiger partial charge in [-0.15, -0.1) is 0 Å². The molecule has 0 rings (SSSR count). The number of nitrogens with zero attached hydrogens (tertiary/aromatic N) is 1. The molecule has 0 aliphatic rings. The SMILES string of the molecule is CC/C=C\C/C=C\C/C=C\C/C=C\C/C=C\C/C=C\C/C=C\C/C=C\C/C=C\C/C=C\C/C=C\CCCCCCCCCC(=O)NC(COP(=O)(O)OCC[N+](C)(C)C)C(O)/C=C/CCCCCCCCCCCCCCCC. The first-order chi connectivity index (χ1) is 38.5. The lowest BCUT2D eigenvalue weighted by molar-refractivity contribution is -0.870. The summed E-state index contributed by atoms with van der Waals surface area (Å²) < 4.78 is 23.7. The first-order valence-electron chi connectivity index (χ1n) is 31.7. The summed E-state index contributed by atoms with van der Waals surface area (Å²) >= 11 is 0. The van der Waals surface area contributed by atoms with E-state index < -0.39 is 20.0 Å². The number of aliphatic hydroxyl groups excluding tert-OH is 1. The minimum absolute atomic E-state index is 0.0523. The molecule has 0 aliphatic heterocycles. The van der Waals surface area contributed by atoms with E-state index in [0.717, 1.165) is 122 Å². The number of rotatable bonds is 56. The molecule has 0 saturated heterocycles. The number of amides is 1. The number of nitrogens with one attached hydrogen (secondary N) is 1. The van der Waals surface area contributed by atoms with Gasteiger partial charge in [0.1, 0.15) is 13.2 Å². The van der Waals surface area contributed by atoms with E-state index in [1.54, 1.807) is 6.08 Å². The number of hydrogen-bond acceptors (Lipinski definition) is 5. The Labute approximate surface area is 487 Å². The Kier molecular flexibility index (Phi) is 56.3. The highest BCUT2D eigenvalue weighted by molar-refractivity contribution is 7.47. The summed E-state index contributed by atoms with van der Waals surface area (Å²) in [6.45, 7) is 4.68. The van der Waals surface area contributed by atoms with Gasteiger partial charge in [0.15, 0.2) is 0 Å². The molecule has 9 heteroatoms. The molecule has 0 bridgehead atoms. The number of carbonyl (C=O) groups is 1. The molecular formula is C70H120N2O6P+. The predicted octanol–water partition coefficient (Wildman–Crippen LogP) is 20.0. The molecule has 79 heavy (non-hydrogen) atoms. The predicted molar refractivity (Wildman–Crippen MR) is 345 cm³/mol. The van der Waals surface area contributed by atoms with Crippen molar-refractivity contribution in [2.75, 3.05) is 40.9 Å². The second-order valence-electron chi connectivity index (χ2n) is 22.1. The van der Waals surface area contributed by atoms with Crippen LogP contribution in [-0.4, -0.2) is 73.4 Å². The summed E-state index contributed by atoms with van der Waals surface area (Å²) in [7, 11) is 1.55. The van der Waals surface area contributed by atoms with Crippen molar-refractivity contribution < 1.29 is 32.9 Å². The minimum atomic E-state index is -4.36. The number of carbonyl (C=O) groups excluding carboxylic acids is 1. The van der Waals surface area contributed by atoms with E-state index in [0.29, 0.717) is 17.4 Å². The van der Waals surface area contributed by atoms with Gasteiger partial charge < -0.3 is 19.8 Å². The summed E-state index contributed by atoms with van der Waals surface area (Å²) in [5.41, 5.74) is 0. The average molecular weight is 1120 g/mol. The summed E-state index contributed by atoms with van der Waals surface area (Å²) in [5, 5.41) is 13.9. The van der Waals surface area contributed by atoms with Crippen LogP contribution in [0.3, 0.4) is 0 Å². The van der Waals surface area contributed by atoms with Crippen molar-refractivity contribution in [3.63, 3.8) is 0 Å². The fraction of sp³-hybridized carbons (Fsp3) is 0.643. The van der Waals surface area contributed by atoms with Gasteiger partial charge in [0.05, 0.1) is 39.9 Å². The molecule has 8 nitrogen and oxygen atoms in total. The molecule has 0 radical (unpaired) electrons. The van der Waals surface area contributed by atoms with Gasteiger partial charge in [-0.1, -0.05) is 275 Å². The quantitative estimate of drug-likeness (QED) is 0.0243. The highest BCUT2D eigenvalue weighted by Crippen LogP contribution is 2.43. The zero-order chi connectivity index (χ0) is 57.7. The standard InChI is InChI=1S/C70H119N2O6P/c1-6-8-10-12-14-16-18-20-22-24-25-26-27-28-29-30-31-32-33-34-35-36-37-38-39-40-41-42-43-44-45-46-47-48-50-52-54-56-58-60-62-64-70(74)71-68(67-78-79(75,76)77-66-65-72(3,4)5)69(73)63-61-59-57-55-53-51-49-23-21-19-17-15-13-11-9-7-2/h8,10,14,16,20,22,25-26,28-29,31-32,34-35,37-38,40-41,43-44,46-47,61,63,68-69,73H,6-7,9,11-13,15,17-19,21,23-24,27,30,33,36,39,42,45,48-60,62,64-67H2,1-5H3,(H-,71,74,75,76)/p+1/b10-8-,16-14-,22-20-,26-25-,29-28-,32-31-,35-34-,38-37-,41-40-,44-43-,47-46-,63-61+. The summed E-state index contributed by atoms with van der Waals surface area (Å²) in [4.78, 5) is 23.3. The second kappa shape index (κ2) is 59.0. The van der Waals surface area contributed by atoms with Crippen molar-refractivity contribution in [1.29, 1.82) is 0 Å². The fourth-order valence-corrected chi connectivity index (χ4v) is 9.14. The molecular weight excluding hydrogens is 996 g/mol. The lowest BCUT2D eigenvalue weighted by atomic mass is 10.0. The van der Waals surface area contributed by atoms with Gasteiger partial charge in [0.2, 0.25) is 5.91 Å². The van der Waals surface area contributed by atoms with Crippen LogP contribution in [0.1, 0.15) is 239 Å². The number of likely N-dealkylation sites (N-methyl/N-ethyl adjacent to an activating group) is 1. The van der Waals surface area contributed by atoms with Crippen LogP contribution in [0.5, 0.6) is 0 Å². The van der Waals surface area contributed by atoms with Crippen LogP contribution in [0.15, 0.2) is 146 Å². The third-order valence-corrected chi connectivity index (χ3v) is 14.3. The molecule has 0 fully saturated rings. The zero-order valence-electron chi connectivity index (χ0n) is 51.3. The Morgan fingerprint density at radius 1 is 0.443 bits per heavy atom. The number of unbranched alkanes of at least 4 members (excludes halogenated alkanes) is 21. The first-order valence-corrected chi connectivity index (χ1v) is 33.2. The van der Waals surface area contributed by atoms with Gasteiger partial charge in [0, 0.05) is 6.42 Å². The van der Waals surface area contributed by atoms with E-state index in [-0.39, 0.29) is 19.1 Å². The zero-order valence-corrected chi connectivity index (χ0v) is 52.2. The minimum Gasteiger partial charge on any atom is -0.387 e. The molecule has 3 N–H and O–H groups in total. The molecule has 3 atom stereocenters. The summed E-state index contributed by atoms with van der Waals surface area (Å²) in [6, 6.07) is -0.863. The van der Waals surface area contributed by atoms with Gasteiger partial charge in [-0.05, 0) is 103 Å². The van der Waals surface area contributed by atoms with Crippen LogP contribution in [0.4, 0.5) is 0 Å². The van der Waals surface area contributed by atoms with Crippen LogP contribution in [0, 0.1) is 0 Å². The maximum atomic E-state index is 13.0. The lowest BCUT2D eigenvalue weighted by Crippen LogP contribution is -2.45. The highest BCUT2D eigenvalue weighted by atomic mass is 31.2. The van der Waals surface area contributed by atoms with Crippen molar-refractivity contribution in [2.24, 2.45) is 0 Å². The Hall–Kier alpha value is -3.62. The Morgan fingerprint density at radius 2 is 0.759 bits per heavy atom. The van der Waals surface area contributed by atoms with E-state index >= 15 is 0 Å². The van der Waals surface area contributed by atoms with Gasteiger partial charge in [-0.3, -0.25) is 13.8 Å². The van der Waals surface area contributed by atoms with Gasteiger partial charge in [-0.25, -0.2) is 4.57 Å². The van der Waals surface area contributed by atoms with Gasteiger partial charge >= 0.3 is 7.82 Å². The normalized spacial score (nSPS) is 14.8. The van der Waals surface area contributed by atoms with Crippen molar-refractivity contribution in [3.8, 4) is 0 Å². The number of aliphatic hydroxyl groups is 1. The van der Waals surface area contributed by atoms with Crippen LogP contribution in [-0.2, 0) is 18.4 Å². The maximum absolute atomic E-state index is 13.0. The highest BCUT2D eigenvalue weighted by Gasteiger charge is 2.27. The topological polar surface area (TPSA) is 105 Å². The fourth-order valence-electron chi connectivity index (χ4n) is 8.40. The molecule has 450 valence electrons. The van der Waals surface area contributed by atoms with E-state index in [9.17, 15) is 19.4 Å². The Balaban J connectivity index is 4.16. The maximum Gasteiger partial charge on any atom is 0.472 e. The summed E-state index contributed by atoms with van der Waals surface area (Å²) in [5.74, 6) is -0.193. The van der Waals surface area contributed by atoms with Crippen molar-refractivity contribution in [1.82, 2.24) is 5.32 Å². The van der Waals surface area contributed by atoms with E-state index in [4.69, 9.17) is 9.05 Å². The number of allylic oxidation sites excluding steroid dienone is 23. The van der Waals surface area contributed by atoms with E-state index in [2.05, 4.69) is 153 Å². The van der Waals surface area contributed by atoms with Crippen LogP contribution < -0.4 is 5.32 Å². The average Bonchev–Trinajstić information content (AvgIpc) is 3.42. The molecule has 0 aromatic rings. The second-order valence-corrected chi connectivity index (χ2v) is 23.5.